The molecule has 1 aromatic carbocycles. The number of hydrogen-bond acceptors (Lipinski definition) is 4. The van der Waals surface area contributed by atoms with E-state index >= 15 is 0 Å². The zero-order valence-corrected chi connectivity index (χ0v) is 9.41. The fourth-order valence-electron chi connectivity index (χ4n) is 1.12. The van der Waals surface area contributed by atoms with Crippen molar-refractivity contribution < 1.29 is 14.7 Å². The Kier molecular flexibility index (Phi) is 3.76. The van der Waals surface area contributed by atoms with E-state index in [1.54, 1.807) is 19.2 Å². The summed E-state index contributed by atoms with van der Waals surface area (Å²) in [7, 11) is 3.07. The fraction of sp³-hybridized carbons (Fsp3) is 0.222. The van der Waals surface area contributed by atoms with E-state index in [2.05, 4.69) is 21.1 Å². The summed E-state index contributed by atoms with van der Waals surface area (Å²) in [5.74, 6) is 1.12. The van der Waals surface area contributed by atoms with Gasteiger partial charge in [0.1, 0.15) is 0 Å². The molecule has 0 aliphatic carbocycles. The molecule has 0 saturated carbocycles. The van der Waals surface area contributed by atoms with E-state index < -0.39 is 0 Å². The van der Waals surface area contributed by atoms with Crippen LogP contribution in [-0.4, -0.2) is 25.6 Å². The Morgan fingerprint density at radius 2 is 2.07 bits per heavy atom. The highest BCUT2D eigenvalue weighted by atomic mass is 79.9. The first-order valence-electron chi connectivity index (χ1n) is 3.82. The smallest absolute Gasteiger partial charge is 0.169 e. The van der Waals surface area contributed by atoms with Crippen molar-refractivity contribution in [1.29, 1.82) is 0 Å². The molecule has 0 amide bonds. The molecule has 5 heteroatoms. The predicted molar refractivity (Wildman–Crippen MR) is 56.6 cm³/mol. The zero-order chi connectivity index (χ0) is 10.6. The van der Waals surface area contributed by atoms with Crippen molar-refractivity contribution in [2.45, 2.75) is 0 Å². The van der Waals surface area contributed by atoms with Gasteiger partial charge in [0.05, 0.1) is 20.4 Å². The molecule has 1 rings (SSSR count). The maximum Gasteiger partial charge on any atom is 0.169 e. The summed E-state index contributed by atoms with van der Waals surface area (Å²) in [4.78, 5) is 0. The van der Waals surface area contributed by atoms with Crippen molar-refractivity contribution in [3.63, 3.8) is 0 Å². The number of oxime groups is 1. The first kappa shape index (κ1) is 10.8. The first-order valence-corrected chi connectivity index (χ1v) is 4.61. The van der Waals surface area contributed by atoms with Gasteiger partial charge in [-0.2, -0.15) is 0 Å². The second-order valence-electron chi connectivity index (χ2n) is 2.48. The fourth-order valence-corrected chi connectivity index (χ4v) is 1.57. The van der Waals surface area contributed by atoms with E-state index in [0.29, 0.717) is 17.1 Å². The molecule has 76 valence electrons. The Morgan fingerprint density at radius 3 is 2.57 bits per heavy atom. The maximum absolute atomic E-state index is 8.45. The number of methoxy groups -OCH3 is 2. The van der Waals surface area contributed by atoms with Crippen molar-refractivity contribution in [3.05, 3.63) is 22.2 Å². The largest absolute Gasteiger partial charge is 0.493 e. The van der Waals surface area contributed by atoms with E-state index in [0.717, 1.165) is 4.47 Å². The molecule has 0 radical (unpaired) electrons. The topological polar surface area (TPSA) is 51.0 Å². The minimum atomic E-state index is 0.536. The minimum absolute atomic E-state index is 0.536. The highest BCUT2D eigenvalue weighted by molar-refractivity contribution is 9.10. The number of hydrogen-bond donors (Lipinski definition) is 1. The van der Waals surface area contributed by atoms with E-state index in [1.807, 2.05) is 0 Å². The molecular formula is C9H10BrNO3. The number of benzene rings is 1. The van der Waals surface area contributed by atoms with Crippen molar-refractivity contribution in [2.75, 3.05) is 14.2 Å². The second-order valence-corrected chi connectivity index (χ2v) is 3.39. The summed E-state index contributed by atoms with van der Waals surface area (Å²) in [5, 5.41) is 11.4. The molecule has 0 bridgehead atoms. The van der Waals surface area contributed by atoms with Crippen LogP contribution in [0.5, 0.6) is 11.5 Å². The van der Waals surface area contributed by atoms with Gasteiger partial charge in [0.15, 0.2) is 11.5 Å². The number of rotatable bonds is 3. The third-order valence-electron chi connectivity index (χ3n) is 1.67. The van der Waals surface area contributed by atoms with Gasteiger partial charge >= 0.3 is 0 Å². The molecule has 0 spiro atoms. The van der Waals surface area contributed by atoms with Gasteiger partial charge in [-0.25, -0.2) is 0 Å². The molecule has 0 saturated heterocycles. The van der Waals surface area contributed by atoms with Gasteiger partial charge in [-0.3, -0.25) is 0 Å². The van der Waals surface area contributed by atoms with Crippen LogP contribution in [0.1, 0.15) is 5.56 Å². The van der Waals surface area contributed by atoms with Crippen molar-refractivity contribution in [1.82, 2.24) is 0 Å². The number of ether oxygens (including phenoxy) is 2. The summed E-state index contributed by atoms with van der Waals surface area (Å²) < 4.78 is 11.1. The van der Waals surface area contributed by atoms with Crippen LogP contribution < -0.4 is 9.47 Å². The van der Waals surface area contributed by atoms with E-state index in [-0.39, 0.29) is 0 Å². The maximum atomic E-state index is 8.45. The van der Waals surface area contributed by atoms with Gasteiger partial charge in [-0.15, -0.1) is 0 Å². The molecule has 14 heavy (non-hydrogen) atoms. The van der Waals surface area contributed by atoms with Gasteiger partial charge in [-0.05, 0) is 12.1 Å². The first-order chi connectivity index (χ1) is 6.72. The molecule has 0 heterocycles. The Balaban J connectivity index is 3.31. The summed E-state index contributed by atoms with van der Waals surface area (Å²) in [6, 6.07) is 3.54. The summed E-state index contributed by atoms with van der Waals surface area (Å²) in [6.45, 7) is 0. The average Bonchev–Trinajstić information content (AvgIpc) is 2.17. The third kappa shape index (κ3) is 2.17. The van der Waals surface area contributed by atoms with Crippen LogP contribution >= 0.6 is 15.9 Å². The zero-order valence-electron chi connectivity index (χ0n) is 7.82. The predicted octanol–water partition coefficient (Wildman–Crippen LogP) is 2.27. The van der Waals surface area contributed by atoms with Crippen molar-refractivity contribution in [3.8, 4) is 11.5 Å². The van der Waals surface area contributed by atoms with Crippen molar-refractivity contribution in [2.24, 2.45) is 5.16 Å². The Bertz CT molecular complexity index is 352. The van der Waals surface area contributed by atoms with Gasteiger partial charge < -0.3 is 14.7 Å². The molecule has 0 aliphatic heterocycles. The summed E-state index contributed by atoms with van der Waals surface area (Å²) in [6.07, 6.45) is 1.28. The molecule has 0 aromatic heterocycles. The van der Waals surface area contributed by atoms with E-state index in [1.165, 1.54) is 13.3 Å². The van der Waals surface area contributed by atoms with Crippen molar-refractivity contribution >= 4 is 22.1 Å². The molecule has 0 fully saturated rings. The van der Waals surface area contributed by atoms with Gasteiger partial charge in [0, 0.05) is 10.0 Å². The van der Waals surface area contributed by atoms with E-state index in [4.69, 9.17) is 14.7 Å². The Hall–Kier alpha value is -1.23. The minimum Gasteiger partial charge on any atom is -0.493 e. The lowest BCUT2D eigenvalue weighted by atomic mass is 10.2. The normalized spacial score (nSPS) is 10.5. The Morgan fingerprint density at radius 1 is 1.36 bits per heavy atom. The highest BCUT2D eigenvalue weighted by Crippen LogP contribution is 2.33. The second kappa shape index (κ2) is 4.85. The summed E-state index contributed by atoms with van der Waals surface area (Å²) in [5.41, 5.74) is 0.640. The molecule has 0 aliphatic rings. The lowest BCUT2D eigenvalue weighted by Gasteiger charge is -2.10. The number of nitrogens with zero attached hydrogens (tertiary/aromatic N) is 1. The standard InChI is InChI=1S/C9H10BrNO3/c1-13-8-4-7(10)3-6(5-11-12)9(8)14-2/h3-5,12H,1-2H3. The lowest BCUT2D eigenvalue weighted by molar-refractivity contribution is 0.321. The third-order valence-corrected chi connectivity index (χ3v) is 2.13. The summed E-state index contributed by atoms with van der Waals surface area (Å²) >= 11 is 3.31. The molecule has 0 unspecified atom stereocenters. The lowest BCUT2D eigenvalue weighted by Crippen LogP contribution is -1.95. The van der Waals surface area contributed by atoms with Crippen LogP contribution in [0.25, 0.3) is 0 Å². The van der Waals surface area contributed by atoms with Gasteiger partial charge in [0.2, 0.25) is 0 Å². The Labute approximate surface area is 90.3 Å². The molecule has 1 N–H and O–H groups in total. The van der Waals surface area contributed by atoms with Crippen LogP contribution in [0.4, 0.5) is 0 Å². The van der Waals surface area contributed by atoms with Crippen LogP contribution in [0.15, 0.2) is 21.8 Å². The SMILES string of the molecule is COc1cc(Br)cc(C=NO)c1OC. The quantitative estimate of drug-likeness (QED) is 0.515. The number of halogens is 1. The van der Waals surface area contributed by atoms with Gasteiger partial charge in [-0.1, -0.05) is 21.1 Å². The molecule has 0 atom stereocenters. The van der Waals surface area contributed by atoms with Gasteiger partial charge in [0.25, 0.3) is 0 Å². The highest BCUT2D eigenvalue weighted by Gasteiger charge is 2.09. The van der Waals surface area contributed by atoms with Crippen LogP contribution in [0, 0.1) is 0 Å². The monoisotopic (exact) mass is 259 g/mol. The van der Waals surface area contributed by atoms with Crippen LogP contribution in [0.3, 0.4) is 0 Å². The molecule has 1 aromatic rings. The molecular weight excluding hydrogens is 250 g/mol. The van der Waals surface area contributed by atoms with Crippen LogP contribution in [-0.2, 0) is 0 Å². The average molecular weight is 260 g/mol. The van der Waals surface area contributed by atoms with E-state index in [9.17, 15) is 0 Å². The van der Waals surface area contributed by atoms with Crippen LogP contribution in [0.2, 0.25) is 0 Å². The molecule has 4 nitrogen and oxygen atoms in total.